The van der Waals surface area contributed by atoms with Crippen LogP contribution in [0.4, 0.5) is 5.69 Å². The van der Waals surface area contributed by atoms with E-state index in [1.165, 1.54) is 12.3 Å². The van der Waals surface area contributed by atoms with E-state index in [4.69, 9.17) is 14.0 Å². The number of carbonyl (C=O) groups is 1. The highest BCUT2D eigenvalue weighted by Gasteiger charge is 2.16. The molecule has 0 aliphatic carbocycles. The number of fused-ring (bicyclic) bond motifs is 1. The van der Waals surface area contributed by atoms with Crippen molar-refractivity contribution >= 4 is 17.2 Å². The van der Waals surface area contributed by atoms with E-state index in [-0.39, 0.29) is 5.69 Å². The summed E-state index contributed by atoms with van der Waals surface area (Å²) in [4.78, 5) is 16.7. The number of aromatic nitrogens is 6. The first kappa shape index (κ1) is 19.6. The number of amides is 1. The van der Waals surface area contributed by atoms with Gasteiger partial charge in [-0.15, -0.1) is 10.2 Å². The van der Waals surface area contributed by atoms with Crippen LogP contribution in [-0.4, -0.2) is 35.9 Å². The third kappa shape index (κ3) is 3.58. The van der Waals surface area contributed by atoms with Crippen molar-refractivity contribution in [3.63, 3.8) is 0 Å². The zero-order valence-electron chi connectivity index (χ0n) is 17.5. The Morgan fingerprint density at radius 1 is 0.882 bits per heavy atom. The van der Waals surface area contributed by atoms with Crippen LogP contribution in [0.2, 0.25) is 0 Å². The van der Waals surface area contributed by atoms with Gasteiger partial charge in [0.2, 0.25) is 5.76 Å². The summed E-state index contributed by atoms with van der Waals surface area (Å²) in [6.07, 6.45) is 4.91. The van der Waals surface area contributed by atoms with Crippen molar-refractivity contribution in [1.29, 1.82) is 0 Å². The first-order valence-corrected chi connectivity index (χ1v) is 10.3. The second-order valence-electron chi connectivity index (χ2n) is 7.34. The molecule has 164 valence electrons. The molecule has 0 radical (unpaired) electrons. The summed E-state index contributed by atoms with van der Waals surface area (Å²) in [5, 5.41) is 19.8. The van der Waals surface area contributed by atoms with Crippen LogP contribution in [0.1, 0.15) is 10.5 Å². The third-order valence-electron chi connectivity index (χ3n) is 5.12. The number of nitrogens with one attached hydrogen (secondary N) is 1. The number of benzene rings is 1. The summed E-state index contributed by atoms with van der Waals surface area (Å²) in [6.45, 7) is 0. The molecule has 34 heavy (non-hydrogen) atoms. The van der Waals surface area contributed by atoms with E-state index in [0.29, 0.717) is 34.4 Å². The molecular weight excluding hydrogens is 434 g/mol. The van der Waals surface area contributed by atoms with Crippen molar-refractivity contribution in [3.05, 3.63) is 91.1 Å². The predicted octanol–water partition coefficient (Wildman–Crippen LogP) is 4.35. The molecule has 10 heteroatoms. The first-order chi connectivity index (χ1) is 16.7. The molecule has 0 bridgehead atoms. The van der Waals surface area contributed by atoms with E-state index >= 15 is 0 Å². The van der Waals surface area contributed by atoms with Gasteiger partial charge in [0.15, 0.2) is 22.9 Å². The Kier molecular flexibility index (Phi) is 4.66. The Bertz CT molecular complexity index is 1600. The van der Waals surface area contributed by atoms with Crippen molar-refractivity contribution < 1.29 is 13.7 Å². The highest BCUT2D eigenvalue weighted by molar-refractivity contribution is 6.03. The highest BCUT2D eigenvalue weighted by atomic mass is 16.5. The quantitative estimate of drug-likeness (QED) is 0.412. The Morgan fingerprint density at radius 3 is 2.65 bits per heavy atom. The zero-order chi connectivity index (χ0) is 22.9. The monoisotopic (exact) mass is 449 g/mol. The Labute approximate surface area is 191 Å². The highest BCUT2D eigenvalue weighted by Crippen LogP contribution is 2.24. The molecule has 0 saturated carbocycles. The summed E-state index contributed by atoms with van der Waals surface area (Å²) in [5.41, 5.74) is 3.71. The van der Waals surface area contributed by atoms with Crippen molar-refractivity contribution in [2.75, 3.05) is 5.32 Å². The Hall–Kier alpha value is -5.12. The van der Waals surface area contributed by atoms with E-state index in [2.05, 4.69) is 25.7 Å². The molecule has 5 heterocycles. The van der Waals surface area contributed by atoms with Gasteiger partial charge in [-0.1, -0.05) is 17.3 Å². The summed E-state index contributed by atoms with van der Waals surface area (Å²) >= 11 is 0. The SMILES string of the molecule is O=C(Nc1cccc(-c2ccc3nnc(-c4ccncc4)n3n2)c1)c1cc(-c2ccco2)on1. The summed E-state index contributed by atoms with van der Waals surface area (Å²) in [5.74, 6) is 1.08. The van der Waals surface area contributed by atoms with Crippen LogP contribution in [0, 0.1) is 0 Å². The van der Waals surface area contributed by atoms with Gasteiger partial charge < -0.3 is 14.3 Å². The van der Waals surface area contributed by atoms with Crippen LogP contribution >= 0.6 is 0 Å². The molecule has 5 aromatic heterocycles. The number of carbonyl (C=O) groups excluding carboxylic acids is 1. The Morgan fingerprint density at radius 2 is 1.79 bits per heavy atom. The zero-order valence-corrected chi connectivity index (χ0v) is 17.5. The maximum Gasteiger partial charge on any atom is 0.277 e. The lowest BCUT2D eigenvalue weighted by Crippen LogP contribution is -2.12. The average Bonchev–Trinajstić information content (AvgIpc) is 3.65. The van der Waals surface area contributed by atoms with E-state index in [0.717, 1.165) is 11.1 Å². The Balaban J connectivity index is 1.28. The van der Waals surface area contributed by atoms with Gasteiger partial charge >= 0.3 is 0 Å². The second-order valence-corrected chi connectivity index (χ2v) is 7.34. The molecule has 1 amide bonds. The average molecular weight is 449 g/mol. The lowest BCUT2D eigenvalue weighted by molar-refractivity contribution is 0.101. The maximum absolute atomic E-state index is 12.7. The minimum absolute atomic E-state index is 0.142. The third-order valence-corrected chi connectivity index (χ3v) is 5.12. The minimum atomic E-state index is -0.402. The summed E-state index contributed by atoms with van der Waals surface area (Å²) in [7, 11) is 0. The molecule has 0 spiro atoms. The summed E-state index contributed by atoms with van der Waals surface area (Å²) < 4.78 is 12.2. The van der Waals surface area contributed by atoms with Crippen molar-refractivity contribution in [2.45, 2.75) is 0 Å². The molecule has 0 saturated heterocycles. The molecule has 0 unspecified atom stereocenters. The molecule has 0 aliphatic heterocycles. The molecule has 6 aromatic rings. The number of rotatable bonds is 5. The maximum atomic E-state index is 12.7. The fourth-order valence-corrected chi connectivity index (χ4v) is 3.49. The van der Waals surface area contributed by atoms with Gasteiger partial charge in [-0.25, -0.2) is 0 Å². The lowest BCUT2D eigenvalue weighted by Gasteiger charge is -2.07. The fourth-order valence-electron chi connectivity index (χ4n) is 3.49. The largest absolute Gasteiger partial charge is 0.461 e. The molecule has 0 aliphatic rings. The van der Waals surface area contributed by atoms with Gasteiger partial charge in [-0.3, -0.25) is 9.78 Å². The molecular formula is C24H15N7O3. The van der Waals surface area contributed by atoms with Crippen LogP contribution in [-0.2, 0) is 0 Å². The van der Waals surface area contributed by atoms with E-state index in [9.17, 15) is 4.79 Å². The first-order valence-electron chi connectivity index (χ1n) is 10.3. The smallest absolute Gasteiger partial charge is 0.277 e. The van der Waals surface area contributed by atoms with Gasteiger partial charge in [0.1, 0.15) is 0 Å². The normalized spacial score (nSPS) is 11.1. The number of nitrogens with zero attached hydrogens (tertiary/aromatic N) is 6. The molecule has 0 fully saturated rings. The topological polar surface area (TPSA) is 124 Å². The van der Waals surface area contributed by atoms with Gasteiger partial charge in [0, 0.05) is 35.3 Å². The van der Waals surface area contributed by atoms with E-state index in [1.807, 2.05) is 42.5 Å². The van der Waals surface area contributed by atoms with E-state index in [1.54, 1.807) is 35.1 Å². The minimum Gasteiger partial charge on any atom is -0.461 e. The number of hydrogen-bond acceptors (Lipinski definition) is 8. The van der Waals surface area contributed by atoms with Crippen LogP contribution in [0.3, 0.4) is 0 Å². The number of pyridine rings is 1. The van der Waals surface area contributed by atoms with Gasteiger partial charge in [-0.05, 0) is 48.5 Å². The molecule has 10 nitrogen and oxygen atoms in total. The fraction of sp³-hybridized carbons (Fsp3) is 0. The number of furan rings is 1. The van der Waals surface area contributed by atoms with Crippen molar-refractivity contribution in [2.24, 2.45) is 0 Å². The van der Waals surface area contributed by atoms with Crippen LogP contribution in [0.15, 0.2) is 94.3 Å². The van der Waals surface area contributed by atoms with Gasteiger partial charge in [-0.2, -0.15) is 9.61 Å². The summed E-state index contributed by atoms with van der Waals surface area (Å²) in [6, 6.07) is 19.7. The number of anilines is 1. The van der Waals surface area contributed by atoms with Crippen LogP contribution < -0.4 is 5.32 Å². The van der Waals surface area contributed by atoms with Gasteiger partial charge in [0.25, 0.3) is 5.91 Å². The van der Waals surface area contributed by atoms with E-state index < -0.39 is 5.91 Å². The van der Waals surface area contributed by atoms with Crippen molar-refractivity contribution in [3.8, 4) is 34.2 Å². The van der Waals surface area contributed by atoms with Crippen molar-refractivity contribution in [1.82, 2.24) is 30.0 Å². The molecule has 1 aromatic carbocycles. The molecule has 6 rings (SSSR count). The standard InChI is InChI=1S/C24H15N7O3/c32-24(19-14-21(34-30-19)20-5-2-12-33-20)26-17-4-1-3-16(13-17)18-6-7-22-27-28-23(31(22)29-18)15-8-10-25-11-9-15/h1-14H,(H,26,32). The lowest BCUT2D eigenvalue weighted by atomic mass is 10.1. The predicted molar refractivity (Wildman–Crippen MR) is 122 cm³/mol. The molecule has 1 N–H and O–H groups in total. The van der Waals surface area contributed by atoms with Crippen LogP contribution in [0.5, 0.6) is 0 Å². The number of hydrogen-bond donors (Lipinski definition) is 1. The second kappa shape index (κ2) is 8.10. The molecule has 0 atom stereocenters. The van der Waals surface area contributed by atoms with Crippen LogP contribution in [0.25, 0.3) is 39.8 Å². The van der Waals surface area contributed by atoms with Gasteiger partial charge in [0.05, 0.1) is 12.0 Å².